The summed E-state index contributed by atoms with van der Waals surface area (Å²) in [5.74, 6) is -0.0733. The Morgan fingerprint density at radius 2 is 1.83 bits per heavy atom. The summed E-state index contributed by atoms with van der Waals surface area (Å²) in [6.45, 7) is 0.479. The maximum absolute atomic E-state index is 13.2. The molecule has 0 saturated heterocycles. The van der Waals surface area contributed by atoms with Crippen LogP contribution in [0.15, 0.2) is 67.0 Å². The summed E-state index contributed by atoms with van der Waals surface area (Å²) in [5, 5.41) is 9.18. The van der Waals surface area contributed by atoms with Crippen LogP contribution in [-0.2, 0) is 6.54 Å². The topological polar surface area (TPSA) is 89.8 Å². The molecular formula is C27H26ClLiN4O2. The molecule has 0 aliphatic heterocycles. The first kappa shape index (κ1) is 25.5. The molecule has 8 heteroatoms. The van der Waals surface area contributed by atoms with E-state index in [1.54, 1.807) is 12.3 Å². The van der Waals surface area contributed by atoms with Gasteiger partial charge < -0.3 is 10.8 Å². The minimum absolute atomic E-state index is 0. The number of fused-ring (bicyclic) bond motifs is 1. The molecule has 2 fully saturated rings. The van der Waals surface area contributed by atoms with E-state index < -0.39 is 0 Å². The summed E-state index contributed by atoms with van der Waals surface area (Å²) < 4.78 is 1.85. The average molecular weight is 481 g/mol. The Labute approximate surface area is 221 Å². The van der Waals surface area contributed by atoms with E-state index >= 15 is 0 Å². The molecule has 2 heterocycles. The second-order valence-corrected chi connectivity index (χ2v) is 9.97. The minimum atomic E-state index is -0.0733. The van der Waals surface area contributed by atoms with Crippen LogP contribution in [0, 0.1) is 5.41 Å². The van der Waals surface area contributed by atoms with Crippen LogP contribution in [0.3, 0.4) is 0 Å². The van der Waals surface area contributed by atoms with Crippen LogP contribution in [0.4, 0.5) is 0 Å². The van der Waals surface area contributed by atoms with Gasteiger partial charge in [0.1, 0.15) is 0 Å². The van der Waals surface area contributed by atoms with Crippen molar-refractivity contribution in [3.63, 3.8) is 0 Å². The Kier molecular flexibility index (Phi) is 7.40. The van der Waals surface area contributed by atoms with E-state index in [0.29, 0.717) is 22.5 Å². The Morgan fingerprint density at radius 3 is 2.49 bits per heavy atom. The molecule has 1 amide bonds. The van der Waals surface area contributed by atoms with Crippen molar-refractivity contribution in [2.24, 2.45) is 5.41 Å². The first-order valence-electron chi connectivity index (χ1n) is 11.5. The first-order chi connectivity index (χ1) is 16.1. The van der Waals surface area contributed by atoms with Gasteiger partial charge in [-0.15, -0.1) is 0 Å². The summed E-state index contributed by atoms with van der Waals surface area (Å²) in [4.78, 5) is 17.9. The van der Waals surface area contributed by atoms with E-state index in [2.05, 4.69) is 33.6 Å². The molecule has 0 bridgehead atoms. The Balaban J connectivity index is 0.00000144. The third-order valence-corrected chi connectivity index (χ3v) is 7.51. The maximum Gasteiger partial charge on any atom is 1.00 e. The number of amides is 1. The van der Waals surface area contributed by atoms with Crippen molar-refractivity contribution in [1.82, 2.24) is 20.1 Å². The van der Waals surface area contributed by atoms with Crippen LogP contribution in [0.2, 0.25) is 5.02 Å². The van der Waals surface area contributed by atoms with Crippen molar-refractivity contribution in [3.05, 3.63) is 83.3 Å². The van der Waals surface area contributed by atoms with Gasteiger partial charge in [-0.25, -0.2) is 0 Å². The first-order valence-corrected chi connectivity index (χ1v) is 11.9. The molecule has 1 spiro atoms. The van der Waals surface area contributed by atoms with E-state index in [9.17, 15) is 4.79 Å². The van der Waals surface area contributed by atoms with Crippen molar-refractivity contribution < 1.29 is 29.1 Å². The summed E-state index contributed by atoms with van der Waals surface area (Å²) >= 11 is 6.34. The second kappa shape index (κ2) is 10.2. The molecule has 6 rings (SSSR count). The SMILES string of the molecule is O=C(NC1CC2(CCC2)C1)c1cc(Cl)cc2cnn(Cc3ccc(-c4ccccc4)cn3)c12.[Li+].[OH-]. The molecule has 0 atom stereocenters. The zero-order valence-corrected chi connectivity index (χ0v) is 20.5. The van der Waals surface area contributed by atoms with Gasteiger partial charge in [0.25, 0.3) is 5.91 Å². The van der Waals surface area contributed by atoms with Crippen LogP contribution in [0.1, 0.15) is 48.2 Å². The maximum atomic E-state index is 13.2. The number of benzene rings is 2. The Bertz CT molecular complexity index is 1330. The van der Waals surface area contributed by atoms with Gasteiger partial charge in [-0.2, -0.15) is 5.10 Å². The van der Waals surface area contributed by atoms with Crippen LogP contribution in [0.5, 0.6) is 0 Å². The van der Waals surface area contributed by atoms with Gasteiger partial charge in [-0.05, 0) is 54.9 Å². The van der Waals surface area contributed by atoms with Crippen molar-refractivity contribution >= 4 is 28.4 Å². The summed E-state index contributed by atoms with van der Waals surface area (Å²) in [5.41, 5.74) is 4.97. The molecule has 6 nitrogen and oxygen atoms in total. The fourth-order valence-corrected chi connectivity index (χ4v) is 5.62. The number of nitrogens with one attached hydrogen (secondary N) is 1. The molecule has 2 aliphatic carbocycles. The number of nitrogens with zero attached hydrogens (tertiary/aromatic N) is 3. The zero-order chi connectivity index (χ0) is 22.4. The summed E-state index contributed by atoms with van der Waals surface area (Å²) in [6.07, 6.45) is 9.79. The van der Waals surface area contributed by atoms with Gasteiger partial charge in [0.2, 0.25) is 0 Å². The smallest absolute Gasteiger partial charge is 0.870 e. The van der Waals surface area contributed by atoms with Crippen LogP contribution >= 0.6 is 11.6 Å². The monoisotopic (exact) mass is 480 g/mol. The molecule has 2 aromatic carbocycles. The number of hydrogen-bond acceptors (Lipinski definition) is 4. The third-order valence-electron chi connectivity index (χ3n) is 7.29. The van der Waals surface area contributed by atoms with E-state index in [0.717, 1.165) is 40.6 Å². The zero-order valence-electron chi connectivity index (χ0n) is 19.7. The summed E-state index contributed by atoms with van der Waals surface area (Å²) in [7, 11) is 0. The van der Waals surface area contributed by atoms with Crippen LogP contribution < -0.4 is 24.2 Å². The van der Waals surface area contributed by atoms with Gasteiger partial charge >= 0.3 is 18.9 Å². The number of carbonyl (C=O) groups excluding carboxylic acids is 1. The predicted molar refractivity (Wildman–Crippen MR) is 132 cm³/mol. The van der Waals surface area contributed by atoms with Gasteiger partial charge in [0.05, 0.1) is 29.5 Å². The van der Waals surface area contributed by atoms with Gasteiger partial charge in [-0.3, -0.25) is 14.5 Å². The average Bonchev–Trinajstić information content (AvgIpc) is 3.17. The minimum Gasteiger partial charge on any atom is -0.870 e. The van der Waals surface area contributed by atoms with E-state index in [1.807, 2.05) is 41.2 Å². The molecule has 2 aromatic heterocycles. The number of carbonyl (C=O) groups is 1. The van der Waals surface area contributed by atoms with Crippen molar-refractivity contribution in [1.29, 1.82) is 0 Å². The van der Waals surface area contributed by atoms with E-state index in [4.69, 9.17) is 11.6 Å². The second-order valence-electron chi connectivity index (χ2n) is 9.53. The van der Waals surface area contributed by atoms with Crippen molar-refractivity contribution in [2.45, 2.75) is 44.7 Å². The number of halogens is 1. The van der Waals surface area contributed by atoms with Gasteiger partial charge in [-0.1, -0.05) is 54.4 Å². The normalized spacial score (nSPS) is 16.0. The molecule has 4 aromatic rings. The molecule has 2 aliphatic rings. The predicted octanol–water partition coefficient (Wildman–Crippen LogP) is 2.69. The van der Waals surface area contributed by atoms with Crippen molar-refractivity contribution in [2.75, 3.05) is 0 Å². The molecule has 2 saturated carbocycles. The number of pyridine rings is 1. The third kappa shape index (κ3) is 4.90. The molecular weight excluding hydrogens is 455 g/mol. The van der Waals surface area contributed by atoms with Crippen LogP contribution in [0.25, 0.3) is 22.0 Å². The van der Waals surface area contributed by atoms with E-state index in [1.165, 1.54) is 19.3 Å². The standard InChI is InChI=1S/C27H25ClN4O.Li.H2O/c28-21-11-20-16-30-32(17-22-8-7-19(15-29-22)18-5-2-1-3-6-18)25(20)24(12-21)26(33)31-23-13-27(14-23)9-4-10-27;;/h1-3,5-8,11-12,15-16,23H,4,9-10,13-14,17H2,(H,31,33);;1H2/q;+1;/p-1. The fourth-order valence-electron chi connectivity index (χ4n) is 5.40. The summed E-state index contributed by atoms with van der Waals surface area (Å²) in [6, 6.07) is 18.1. The van der Waals surface area contributed by atoms with Gasteiger partial charge in [0, 0.05) is 28.2 Å². The quantitative estimate of drug-likeness (QED) is 0.445. The molecule has 0 radical (unpaired) electrons. The molecule has 174 valence electrons. The molecule has 35 heavy (non-hydrogen) atoms. The van der Waals surface area contributed by atoms with Crippen molar-refractivity contribution in [3.8, 4) is 11.1 Å². The Morgan fingerprint density at radius 1 is 1.06 bits per heavy atom. The van der Waals surface area contributed by atoms with Gasteiger partial charge in [0.15, 0.2) is 0 Å². The number of aromatic nitrogens is 3. The Hall–Kier alpha value is -2.62. The molecule has 0 unspecified atom stereocenters. The fraction of sp³-hybridized carbons (Fsp3) is 0.296. The molecule has 2 N–H and O–H groups in total. The van der Waals surface area contributed by atoms with Crippen LogP contribution in [-0.4, -0.2) is 32.2 Å². The number of hydrogen-bond donors (Lipinski definition) is 1. The number of rotatable bonds is 5. The van der Waals surface area contributed by atoms with E-state index in [-0.39, 0.29) is 36.3 Å². The largest absolute Gasteiger partial charge is 1.00 e.